The number of fused-ring (bicyclic) bond motifs is 2. The van der Waals surface area contributed by atoms with Crippen LogP contribution in [0.2, 0.25) is 0 Å². The van der Waals surface area contributed by atoms with Gasteiger partial charge in [-0.2, -0.15) is 0 Å². The third-order valence-corrected chi connectivity index (χ3v) is 6.58. The van der Waals surface area contributed by atoms with Gasteiger partial charge in [0.2, 0.25) is 0 Å². The number of carbonyl (C=O) groups is 3. The van der Waals surface area contributed by atoms with Gasteiger partial charge in [0.15, 0.2) is 11.8 Å². The van der Waals surface area contributed by atoms with Crippen molar-refractivity contribution in [1.29, 1.82) is 0 Å². The summed E-state index contributed by atoms with van der Waals surface area (Å²) in [6, 6.07) is 17.8. The van der Waals surface area contributed by atoms with E-state index >= 15 is 0 Å². The molecule has 4 rings (SSSR count). The van der Waals surface area contributed by atoms with E-state index in [4.69, 9.17) is 9.47 Å². The predicted octanol–water partition coefficient (Wildman–Crippen LogP) is 4.67. The summed E-state index contributed by atoms with van der Waals surface area (Å²) in [5, 5.41) is 2.68. The van der Waals surface area contributed by atoms with Gasteiger partial charge in [0.25, 0.3) is 0 Å². The molecule has 0 aromatic heterocycles. The Labute approximate surface area is 206 Å². The third kappa shape index (κ3) is 6.48. The predicted molar refractivity (Wildman–Crippen MR) is 132 cm³/mol. The van der Waals surface area contributed by atoms with Gasteiger partial charge in [0.05, 0.1) is 6.54 Å². The monoisotopic (exact) mass is 478 g/mol. The molecular weight excluding hydrogens is 444 g/mol. The molecule has 2 fully saturated rings. The number of piperidine rings is 1. The van der Waals surface area contributed by atoms with E-state index in [0.717, 1.165) is 18.4 Å². The average Bonchev–Trinajstić information content (AvgIpc) is 3.04. The summed E-state index contributed by atoms with van der Waals surface area (Å²) < 4.78 is 11.3. The fourth-order valence-corrected chi connectivity index (χ4v) is 5.04. The maximum absolute atomic E-state index is 13.2. The molecule has 3 atom stereocenters. The van der Waals surface area contributed by atoms with Crippen molar-refractivity contribution in [3.8, 4) is 0 Å². The second-order valence-electron chi connectivity index (χ2n) is 10.4. The maximum atomic E-state index is 13.2. The quantitative estimate of drug-likeness (QED) is 0.460. The number of rotatable bonds is 7. The largest absolute Gasteiger partial charge is 0.460 e. The minimum Gasteiger partial charge on any atom is -0.460 e. The van der Waals surface area contributed by atoms with Crippen molar-refractivity contribution in [1.82, 2.24) is 10.2 Å². The second kappa shape index (κ2) is 10.6. The van der Waals surface area contributed by atoms with Gasteiger partial charge < -0.3 is 14.8 Å². The second-order valence-corrected chi connectivity index (χ2v) is 10.4. The van der Waals surface area contributed by atoms with Crippen molar-refractivity contribution in [2.75, 3.05) is 6.54 Å². The summed E-state index contributed by atoms with van der Waals surface area (Å²) in [5.74, 6) is -0.385. The summed E-state index contributed by atoms with van der Waals surface area (Å²) in [5.41, 5.74) is 0.676. The van der Waals surface area contributed by atoms with Crippen molar-refractivity contribution in [2.45, 2.75) is 76.3 Å². The molecule has 2 aromatic rings. The molecule has 186 valence electrons. The average molecular weight is 479 g/mol. The normalized spacial score (nSPS) is 22.8. The van der Waals surface area contributed by atoms with Crippen molar-refractivity contribution in [2.24, 2.45) is 0 Å². The minimum atomic E-state index is -0.957. The molecule has 2 aromatic carbocycles. The van der Waals surface area contributed by atoms with Crippen molar-refractivity contribution >= 4 is 17.8 Å². The maximum Gasteiger partial charge on any atom is 0.408 e. The molecule has 0 aliphatic carbocycles. The molecule has 2 aliphatic rings. The van der Waals surface area contributed by atoms with Crippen LogP contribution in [0.5, 0.6) is 0 Å². The van der Waals surface area contributed by atoms with E-state index in [-0.39, 0.29) is 24.0 Å². The van der Waals surface area contributed by atoms with Crippen LogP contribution >= 0.6 is 0 Å². The first kappa shape index (κ1) is 24.9. The Kier molecular flexibility index (Phi) is 7.55. The van der Waals surface area contributed by atoms with E-state index < -0.39 is 23.7 Å². The Morgan fingerprint density at radius 2 is 1.51 bits per heavy atom. The molecule has 1 N–H and O–H groups in total. The Bertz CT molecular complexity index is 1020. The van der Waals surface area contributed by atoms with Crippen molar-refractivity contribution in [3.05, 3.63) is 71.8 Å². The molecule has 0 radical (unpaired) electrons. The van der Waals surface area contributed by atoms with Gasteiger partial charge in [0.1, 0.15) is 11.7 Å². The van der Waals surface area contributed by atoms with Gasteiger partial charge in [-0.1, -0.05) is 60.7 Å². The first-order valence-electron chi connectivity index (χ1n) is 12.3. The van der Waals surface area contributed by atoms with Crippen LogP contribution in [0.25, 0.3) is 0 Å². The number of alkyl carbamates (subject to hydrolysis) is 1. The molecule has 35 heavy (non-hydrogen) atoms. The molecule has 3 unspecified atom stereocenters. The Morgan fingerprint density at radius 1 is 0.943 bits per heavy atom. The van der Waals surface area contributed by atoms with Crippen molar-refractivity contribution in [3.63, 3.8) is 0 Å². The van der Waals surface area contributed by atoms with Crippen LogP contribution in [0.15, 0.2) is 60.7 Å². The van der Waals surface area contributed by atoms with Crippen LogP contribution in [0.3, 0.4) is 0 Å². The number of hydrogen-bond acceptors (Lipinski definition) is 6. The summed E-state index contributed by atoms with van der Waals surface area (Å²) in [4.78, 5) is 40.7. The zero-order valence-electron chi connectivity index (χ0n) is 20.6. The summed E-state index contributed by atoms with van der Waals surface area (Å²) in [6.45, 7) is 5.70. The van der Waals surface area contributed by atoms with Gasteiger partial charge in [-0.3, -0.25) is 9.69 Å². The molecule has 7 heteroatoms. The molecule has 2 heterocycles. The van der Waals surface area contributed by atoms with E-state index in [1.165, 1.54) is 0 Å². The highest BCUT2D eigenvalue weighted by atomic mass is 16.6. The Hall–Kier alpha value is -3.19. The van der Waals surface area contributed by atoms with E-state index in [9.17, 15) is 14.4 Å². The molecule has 0 saturated carbocycles. The summed E-state index contributed by atoms with van der Waals surface area (Å²) in [6.07, 6.45) is 2.40. The highest BCUT2D eigenvalue weighted by molar-refractivity contribution is 5.97. The van der Waals surface area contributed by atoms with Crippen LogP contribution in [-0.4, -0.2) is 53.1 Å². The lowest BCUT2D eigenvalue weighted by Gasteiger charge is -2.38. The van der Waals surface area contributed by atoms with E-state index in [1.807, 2.05) is 48.5 Å². The molecule has 7 nitrogen and oxygen atoms in total. The summed E-state index contributed by atoms with van der Waals surface area (Å²) >= 11 is 0. The van der Waals surface area contributed by atoms with Crippen LogP contribution in [-0.2, 0) is 14.3 Å². The number of esters is 1. The first-order chi connectivity index (χ1) is 16.7. The first-order valence-corrected chi connectivity index (χ1v) is 12.3. The number of carbonyl (C=O) groups excluding carboxylic acids is 3. The number of nitrogens with zero attached hydrogens (tertiary/aromatic N) is 1. The number of Topliss-reactive ketones (excluding diaryl/α,β-unsaturated/α-hetero) is 1. The smallest absolute Gasteiger partial charge is 0.408 e. The molecule has 2 saturated heterocycles. The zero-order valence-corrected chi connectivity index (χ0v) is 20.6. The van der Waals surface area contributed by atoms with E-state index in [0.29, 0.717) is 24.9 Å². The standard InChI is InChI=1S/C28H34N2O5/c1-28(2,3)35-27(33)29-25(20-12-8-5-9-13-20)26(32)34-23-16-21-14-15-22(17-23)30(21)18-24(31)19-10-6-4-7-11-19/h4-13,21-23,25H,14-18H2,1-3H3,(H,29,33). The Morgan fingerprint density at radius 3 is 2.09 bits per heavy atom. The van der Waals surface area contributed by atoms with E-state index in [2.05, 4.69) is 10.2 Å². The molecule has 2 bridgehead atoms. The van der Waals surface area contributed by atoms with Gasteiger partial charge >= 0.3 is 12.1 Å². The van der Waals surface area contributed by atoms with Gasteiger partial charge in [-0.15, -0.1) is 0 Å². The van der Waals surface area contributed by atoms with Crippen LogP contribution in [0.1, 0.15) is 68.4 Å². The number of ketones is 1. The minimum absolute atomic E-state index is 0.114. The summed E-state index contributed by atoms with van der Waals surface area (Å²) in [7, 11) is 0. The molecule has 1 amide bonds. The van der Waals surface area contributed by atoms with E-state index in [1.54, 1.807) is 32.9 Å². The molecule has 2 aliphatic heterocycles. The number of ether oxygens (including phenoxy) is 2. The highest BCUT2D eigenvalue weighted by Gasteiger charge is 2.43. The van der Waals surface area contributed by atoms with Gasteiger partial charge in [-0.25, -0.2) is 9.59 Å². The Balaban J connectivity index is 1.39. The lowest BCUT2D eigenvalue weighted by atomic mass is 9.98. The van der Waals surface area contributed by atoms with Gasteiger partial charge in [-0.05, 0) is 39.2 Å². The third-order valence-electron chi connectivity index (χ3n) is 6.58. The van der Waals surface area contributed by atoms with Crippen molar-refractivity contribution < 1.29 is 23.9 Å². The fraction of sp³-hybridized carbons (Fsp3) is 0.464. The lowest BCUT2D eigenvalue weighted by molar-refractivity contribution is -0.155. The molecular formula is C28H34N2O5. The van der Waals surface area contributed by atoms with Crippen LogP contribution in [0.4, 0.5) is 4.79 Å². The number of benzene rings is 2. The molecule has 0 spiro atoms. The zero-order chi connectivity index (χ0) is 25.0. The van der Waals surface area contributed by atoms with Gasteiger partial charge in [0, 0.05) is 30.5 Å². The highest BCUT2D eigenvalue weighted by Crippen LogP contribution is 2.37. The number of hydrogen-bond donors (Lipinski definition) is 1. The number of nitrogens with one attached hydrogen (secondary N) is 1. The lowest BCUT2D eigenvalue weighted by Crippen LogP contribution is -2.48. The fourth-order valence-electron chi connectivity index (χ4n) is 5.04. The van der Waals surface area contributed by atoms with Crippen LogP contribution < -0.4 is 5.32 Å². The topological polar surface area (TPSA) is 84.9 Å². The number of amides is 1. The SMILES string of the molecule is CC(C)(C)OC(=O)NC(C(=O)OC1CC2CCC(C1)N2CC(=O)c1ccccc1)c1ccccc1. The van der Waals surface area contributed by atoms with Crippen LogP contribution in [0, 0.1) is 0 Å².